The second-order valence-corrected chi connectivity index (χ2v) is 17.8. The molecule has 0 amide bonds. The van der Waals surface area contributed by atoms with E-state index in [1.54, 1.807) is 0 Å². The molecule has 0 atom stereocenters. The Morgan fingerprint density at radius 3 is 1.20 bits per heavy atom. The second-order valence-electron chi connectivity index (χ2n) is 17.8. The maximum atomic E-state index is 6.37. The van der Waals surface area contributed by atoms with Gasteiger partial charge in [0.25, 0.3) is 0 Å². The molecule has 69 heavy (non-hydrogen) atoms. The van der Waals surface area contributed by atoms with E-state index in [-0.39, 0.29) is 0 Å². The van der Waals surface area contributed by atoms with Crippen molar-refractivity contribution < 1.29 is 0 Å². The fourth-order valence-corrected chi connectivity index (χ4v) is 10.8. The Labute approximate surface area is 401 Å². The molecule has 324 valence electrons. The van der Waals surface area contributed by atoms with Gasteiger partial charge in [-0.25, -0.2) is 0 Å². The van der Waals surface area contributed by atoms with Crippen LogP contribution in [0.15, 0.2) is 261 Å². The second kappa shape index (κ2) is 16.6. The average molecular weight is 880 g/mol. The molecule has 0 aliphatic carbocycles. The first-order chi connectivity index (χ1) is 34.2. The molecule has 0 spiro atoms. The normalized spacial score (nSPS) is 11.5. The third-order valence-electron chi connectivity index (χ3n) is 13.9. The molecule has 11 aromatic carbocycles. The Balaban J connectivity index is 1.21. The van der Waals surface area contributed by atoms with Crippen molar-refractivity contribution in [2.75, 3.05) is 5.73 Å². The fourth-order valence-electron chi connectivity index (χ4n) is 10.8. The van der Waals surface area contributed by atoms with Gasteiger partial charge < -0.3 is 14.9 Å². The van der Waals surface area contributed by atoms with Crippen LogP contribution in [0.5, 0.6) is 0 Å². The summed E-state index contributed by atoms with van der Waals surface area (Å²) in [6, 6.07) is 94.7. The Morgan fingerprint density at radius 2 is 0.652 bits per heavy atom. The third kappa shape index (κ3) is 6.74. The Morgan fingerprint density at radius 1 is 0.261 bits per heavy atom. The van der Waals surface area contributed by atoms with E-state index < -0.39 is 0 Å². The van der Waals surface area contributed by atoms with E-state index in [4.69, 9.17) is 5.73 Å². The predicted molar refractivity (Wildman–Crippen MR) is 292 cm³/mol. The van der Waals surface area contributed by atoms with Crippen molar-refractivity contribution in [2.24, 2.45) is 0 Å². The minimum atomic E-state index is 0.737. The summed E-state index contributed by atoms with van der Waals surface area (Å²) in [5.41, 5.74) is 27.9. The van der Waals surface area contributed by atoms with Crippen LogP contribution >= 0.6 is 0 Å². The number of hydrogen-bond acceptors (Lipinski definition) is 1. The van der Waals surface area contributed by atoms with Crippen molar-refractivity contribution >= 4 is 49.3 Å². The highest BCUT2D eigenvalue weighted by molar-refractivity contribution is 6.29. The molecule has 0 unspecified atom stereocenters. The lowest BCUT2D eigenvalue weighted by Crippen LogP contribution is -1.99. The first-order valence-electron chi connectivity index (χ1n) is 23.6. The number of aromatic nitrogens is 2. The van der Waals surface area contributed by atoms with Crippen molar-refractivity contribution in [3.63, 3.8) is 0 Å². The largest absolute Gasteiger partial charge is 0.399 e. The Kier molecular flexibility index (Phi) is 9.66. The molecule has 0 bridgehead atoms. The van der Waals surface area contributed by atoms with Gasteiger partial charge in [0, 0.05) is 38.6 Å². The van der Waals surface area contributed by atoms with Gasteiger partial charge >= 0.3 is 0 Å². The van der Waals surface area contributed by atoms with Crippen LogP contribution in [0.4, 0.5) is 5.69 Å². The van der Waals surface area contributed by atoms with Crippen LogP contribution in [-0.4, -0.2) is 9.13 Å². The minimum Gasteiger partial charge on any atom is -0.399 e. The lowest BCUT2D eigenvalue weighted by molar-refractivity contribution is 1.15. The summed E-state index contributed by atoms with van der Waals surface area (Å²) in [4.78, 5) is 0. The Hall–Kier alpha value is -9.18. The van der Waals surface area contributed by atoms with E-state index in [1.807, 2.05) is 12.1 Å². The summed E-state index contributed by atoms with van der Waals surface area (Å²) < 4.78 is 4.97. The first-order valence-corrected chi connectivity index (χ1v) is 23.6. The van der Waals surface area contributed by atoms with Gasteiger partial charge in [-0.1, -0.05) is 206 Å². The number of rotatable bonds is 8. The maximum Gasteiger partial charge on any atom is 0.0795 e. The molecule has 2 heterocycles. The van der Waals surface area contributed by atoms with E-state index in [0.29, 0.717) is 0 Å². The molecule has 3 nitrogen and oxygen atoms in total. The van der Waals surface area contributed by atoms with Crippen LogP contribution in [0.25, 0.3) is 122 Å². The van der Waals surface area contributed by atoms with Crippen molar-refractivity contribution in [3.05, 3.63) is 261 Å². The van der Waals surface area contributed by atoms with Gasteiger partial charge in [0.2, 0.25) is 0 Å². The van der Waals surface area contributed by atoms with E-state index in [0.717, 1.165) is 67.0 Å². The standard InChI is InChI=1S/C66H45N3/c67-51-39-37-48(38-40-51)54-41-42-56(63(50-35-31-47(32-36-50)45-19-7-2-8-20-45)62(54)49-33-29-46(30-34-49)44-17-5-1-6-18-44)58-43-59-55-25-13-15-27-60(55)68(52-21-9-3-10-22-52)65(59)66-64(58)57-26-14-16-28-61(57)69(66)53-23-11-4-12-24-53/h1-43H,67H2. The van der Waals surface area contributed by atoms with Gasteiger partial charge in [-0.2, -0.15) is 0 Å². The van der Waals surface area contributed by atoms with E-state index in [1.165, 1.54) is 60.4 Å². The molecule has 2 N–H and O–H groups in total. The summed E-state index contributed by atoms with van der Waals surface area (Å²) in [7, 11) is 0. The number of nitrogens with two attached hydrogens (primary N) is 1. The summed E-state index contributed by atoms with van der Waals surface area (Å²) in [6.07, 6.45) is 0. The molecular weight excluding hydrogens is 835 g/mol. The van der Waals surface area contributed by atoms with Crippen LogP contribution < -0.4 is 5.73 Å². The number of benzene rings is 11. The predicted octanol–water partition coefficient (Wildman–Crippen LogP) is 17.5. The summed E-state index contributed by atoms with van der Waals surface area (Å²) in [6.45, 7) is 0. The van der Waals surface area contributed by atoms with Crippen molar-refractivity contribution in [3.8, 4) is 78.1 Å². The fraction of sp³-hybridized carbons (Fsp3) is 0. The Bertz CT molecular complexity index is 4000. The third-order valence-corrected chi connectivity index (χ3v) is 13.9. The zero-order valence-electron chi connectivity index (χ0n) is 37.8. The summed E-state index contributed by atoms with van der Waals surface area (Å²) in [5, 5.41) is 4.79. The van der Waals surface area contributed by atoms with E-state index in [9.17, 15) is 0 Å². The number of fused-ring (bicyclic) bond motifs is 7. The monoisotopic (exact) mass is 879 g/mol. The van der Waals surface area contributed by atoms with E-state index >= 15 is 0 Å². The van der Waals surface area contributed by atoms with Crippen molar-refractivity contribution in [1.82, 2.24) is 9.13 Å². The smallest absolute Gasteiger partial charge is 0.0795 e. The maximum absolute atomic E-state index is 6.37. The zero-order chi connectivity index (χ0) is 45.8. The van der Waals surface area contributed by atoms with Gasteiger partial charge in [-0.05, 0) is 121 Å². The molecule has 0 fully saturated rings. The highest BCUT2D eigenvalue weighted by Gasteiger charge is 2.27. The van der Waals surface area contributed by atoms with Crippen LogP contribution in [0.2, 0.25) is 0 Å². The van der Waals surface area contributed by atoms with Gasteiger partial charge in [0.05, 0.1) is 22.1 Å². The number of hydrogen-bond donors (Lipinski definition) is 1. The summed E-state index contributed by atoms with van der Waals surface area (Å²) in [5.74, 6) is 0. The number of nitrogens with zero attached hydrogens (tertiary/aromatic N) is 2. The molecule has 0 aliphatic heterocycles. The first kappa shape index (κ1) is 40.1. The van der Waals surface area contributed by atoms with Gasteiger partial charge in [0.1, 0.15) is 0 Å². The highest BCUT2D eigenvalue weighted by atomic mass is 15.0. The molecule has 13 rings (SSSR count). The number of anilines is 1. The molecule has 2 aromatic heterocycles. The summed E-state index contributed by atoms with van der Waals surface area (Å²) >= 11 is 0. The SMILES string of the molecule is Nc1ccc(-c2ccc(-c3cc4c5ccccc5n(-c5ccccc5)c4c4c3c3ccccc3n4-c3ccccc3)c(-c3ccc(-c4ccccc4)cc3)c2-c2ccc(-c3ccccc3)cc2)cc1. The molecule has 0 saturated heterocycles. The molecule has 13 aromatic rings. The average Bonchev–Trinajstić information content (AvgIpc) is 3.95. The number of nitrogen functional groups attached to an aromatic ring is 1. The molecular formula is C66H45N3. The number of para-hydroxylation sites is 4. The lowest BCUT2D eigenvalue weighted by atomic mass is 9.81. The lowest BCUT2D eigenvalue weighted by Gasteiger charge is -2.22. The minimum absolute atomic E-state index is 0.737. The van der Waals surface area contributed by atoms with Crippen molar-refractivity contribution in [1.29, 1.82) is 0 Å². The van der Waals surface area contributed by atoms with Gasteiger partial charge in [-0.15, -0.1) is 0 Å². The van der Waals surface area contributed by atoms with Crippen LogP contribution in [0.3, 0.4) is 0 Å². The molecule has 0 saturated carbocycles. The van der Waals surface area contributed by atoms with Gasteiger partial charge in [-0.3, -0.25) is 0 Å². The van der Waals surface area contributed by atoms with E-state index in [2.05, 4.69) is 258 Å². The molecule has 3 heteroatoms. The van der Waals surface area contributed by atoms with Crippen molar-refractivity contribution in [2.45, 2.75) is 0 Å². The van der Waals surface area contributed by atoms with Crippen LogP contribution in [0, 0.1) is 0 Å². The molecule has 0 aliphatic rings. The quantitative estimate of drug-likeness (QED) is 0.152. The van der Waals surface area contributed by atoms with Crippen LogP contribution in [0.1, 0.15) is 0 Å². The van der Waals surface area contributed by atoms with Crippen LogP contribution in [-0.2, 0) is 0 Å². The van der Waals surface area contributed by atoms with Gasteiger partial charge in [0.15, 0.2) is 0 Å². The zero-order valence-corrected chi connectivity index (χ0v) is 37.8. The topological polar surface area (TPSA) is 35.9 Å². The molecule has 0 radical (unpaired) electrons. The highest BCUT2D eigenvalue weighted by Crippen LogP contribution is 2.52.